The van der Waals surface area contributed by atoms with E-state index in [0.29, 0.717) is 36.9 Å². The number of amides is 2. The van der Waals surface area contributed by atoms with E-state index in [1.807, 2.05) is 6.07 Å². The van der Waals surface area contributed by atoms with E-state index in [1.165, 1.54) is 0 Å². The summed E-state index contributed by atoms with van der Waals surface area (Å²) in [5, 5.41) is 5.91. The summed E-state index contributed by atoms with van der Waals surface area (Å²) in [6.07, 6.45) is 1.72. The van der Waals surface area contributed by atoms with Gasteiger partial charge in [0.1, 0.15) is 11.9 Å². The molecule has 3 heterocycles. The molecule has 6 heteroatoms. The summed E-state index contributed by atoms with van der Waals surface area (Å²) in [5.41, 5.74) is 1.49. The predicted octanol–water partition coefficient (Wildman–Crippen LogP) is 0.571. The fourth-order valence-electron chi connectivity index (χ4n) is 2.60. The molecule has 6 nitrogen and oxygen atoms in total. The van der Waals surface area contributed by atoms with Crippen molar-refractivity contribution < 1.29 is 9.59 Å². The summed E-state index contributed by atoms with van der Waals surface area (Å²) in [6.45, 7) is 5.85. The molecule has 1 saturated heterocycles. The molecule has 0 radical (unpaired) electrons. The number of nitrogens with one attached hydrogen (secondary N) is 2. The maximum Gasteiger partial charge on any atom is 0.258 e. The van der Waals surface area contributed by atoms with Gasteiger partial charge in [0.05, 0.1) is 5.56 Å². The highest BCUT2D eigenvalue weighted by Gasteiger charge is 2.37. The fourth-order valence-corrected chi connectivity index (χ4v) is 2.60. The minimum Gasteiger partial charge on any atom is -0.324 e. The third kappa shape index (κ3) is 2.06. The number of rotatable bonds is 1. The lowest BCUT2D eigenvalue weighted by Crippen LogP contribution is -2.57. The van der Waals surface area contributed by atoms with Crippen molar-refractivity contribution in [3.05, 3.63) is 23.4 Å². The molecule has 2 aliphatic rings. The number of carbonyl (C=O) groups is 2. The summed E-state index contributed by atoms with van der Waals surface area (Å²) >= 11 is 0. The van der Waals surface area contributed by atoms with Crippen LogP contribution in [0.5, 0.6) is 0 Å². The smallest absolute Gasteiger partial charge is 0.258 e. The van der Waals surface area contributed by atoms with Gasteiger partial charge in [-0.1, -0.05) is 13.8 Å². The molecule has 1 fully saturated rings. The normalized spacial score (nSPS) is 22.1. The number of pyridine rings is 1. The molecule has 0 aliphatic carbocycles. The van der Waals surface area contributed by atoms with Crippen LogP contribution < -0.4 is 10.6 Å². The zero-order valence-corrected chi connectivity index (χ0v) is 11.6. The van der Waals surface area contributed by atoms with Crippen molar-refractivity contribution in [1.82, 2.24) is 15.2 Å². The van der Waals surface area contributed by atoms with Crippen molar-refractivity contribution in [3.63, 3.8) is 0 Å². The zero-order chi connectivity index (χ0) is 14.3. The first-order valence-electron chi connectivity index (χ1n) is 6.90. The van der Waals surface area contributed by atoms with Crippen LogP contribution in [0.25, 0.3) is 0 Å². The average Bonchev–Trinajstić information content (AvgIpc) is 2.56. The predicted molar refractivity (Wildman–Crippen MR) is 74.6 cm³/mol. The number of aromatic nitrogens is 1. The van der Waals surface area contributed by atoms with E-state index in [4.69, 9.17) is 0 Å². The molecule has 0 spiro atoms. The quantitative estimate of drug-likeness (QED) is 0.785. The number of nitrogens with zero attached hydrogens (tertiary/aromatic N) is 2. The van der Waals surface area contributed by atoms with Gasteiger partial charge >= 0.3 is 0 Å². The molecular formula is C14H18N4O2. The van der Waals surface area contributed by atoms with E-state index in [1.54, 1.807) is 11.1 Å². The summed E-state index contributed by atoms with van der Waals surface area (Å²) in [6, 6.07) is 1.40. The largest absolute Gasteiger partial charge is 0.324 e. The maximum absolute atomic E-state index is 12.7. The van der Waals surface area contributed by atoms with Crippen LogP contribution in [0.1, 0.15) is 35.7 Å². The lowest BCUT2D eigenvalue weighted by atomic mass is 10.0. The lowest BCUT2D eigenvalue weighted by molar-refractivity contribution is -0.120. The van der Waals surface area contributed by atoms with Crippen LogP contribution in [0.15, 0.2) is 12.3 Å². The molecule has 1 aromatic rings. The zero-order valence-electron chi connectivity index (χ0n) is 11.6. The standard InChI is InChI=1S/C14H18N4O2/c1-8(2)9-5-10-12(16-6-9)17-13(19)11-7-15-3-4-18(11)14(10)20/h5-6,8,11,15H,3-4,7H2,1-2H3,(H,16,17,19). The van der Waals surface area contributed by atoms with Gasteiger partial charge in [0.25, 0.3) is 5.91 Å². The van der Waals surface area contributed by atoms with Crippen molar-refractivity contribution in [2.24, 2.45) is 0 Å². The highest BCUT2D eigenvalue weighted by Crippen LogP contribution is 2.25. The SMILES string of the molecule is CC(C)c1cnc2c(c1)C(=O)N1CCNCC1C(=O)N2. The summed E-state index contributed by atoms with van der Waals surface area (Å²) in [7, 11) is 0. The third-order valence-corrected chi connectivity index (χ3v) is 3.85. The Labute approximate surface area is 117 Å². The molecule has 0 saturated carbocycles. The number of hydrogen-bond acceptors (Lipinski definition) is 4. The molecule has 0 bridgehead atoms. The molecule has 20 heavy (non-hydrogen) atoms. The number of anilines is 1. The van der Waals surface area contributed by atoms with E-state index >= 15 is 0 Å². The molecule has 2 aliphatic heterocycles. The summed E-state index contributed by atoms with van der Waals surface area (Å²) in [4.78, 5) is 30.7. The highest BCUT2D eigenvalue weighted by molar-refractivity contribution is 6.09. The van der Waals surface area contributed by atoms with Crippen LogP contribution in [-0.2, 0) is 4.79 Å². The Kier molecular flexibility index (Phi) is 3.17. The Hall–Kier alpha value is -1.95. The first kappa shape index (κ1) is 13.1. The van der Waals surface area contributed by atoms with Gasteiger partial charge in [0.15, 0.2) is 0 Å². The molecule has 3 rings (SSSR count). The van der Waals surface area contributed by atoms with Crippen LogP contribution in [-0.4, -0.2) is 47.4 Å². The first-order valence-corrected chi connectivity index (χ1v) is 6.90. The summed E-state index contributed by atoms with van der Waals surface area (Å²) in [5.74, 6) is 0.381. The average molecular weight is 274 g/mol. The molecule has 2 N–H and O–H groups in total. The monoisotopic (exact) mass is 274 g/mol. The highest BCUT2D eigenvalue weighted by atomic mass is 16.2. The van der Waals surface area contributed by atoms with Gasteiger partial charge in [-0.05, 0) is 17.5 Å². The van der Waals surface area contributed by atoms with Crippen molar-refractivity contribution in [3.8, 4) is 0 Å². The van der Waals surface area contributed by atoms with Crippen molar-refractivity contribution in [2.45, 2.75) is 25.8 Å². The fraction of sp³-hybridized carbons (Fsp3) is 0.500. The minimum atomic E-state index is -0.451. The molecule has 0 aromatic carbocycles. The van der Waals surface area contributed by atoms with E-state index in [2.05, 4.69) is 29.5 Å². The Bertz CT molecular complexity index is 570. The van der Waals surface area contributed by atoms with Gasteiger partial charge in [-0.3, -0.25) is 9.59 Å². The van der Waals surface area contributed by atoms with Gasteiger partial charge in [-0.15, -0.1) is 0 Å². The summed E-state index contributed by atoms with van der Waals surface area (Å²) < 4.78 is 0. The van der Waals surface area contributed by atoms with E-state index in [0.717, 1.165) is 5.56 Å². The third-order valence-electron chi connectivity index (χ3n) is 3.85. The second-order valence-electron chi connectivity index (χ2n) is 5.53. The second-order valence-corrected chi connectivity index (χ2v) is 5.53. The number of fused-ring (bicyclic) bond motifs is 2. The Balaban J connectivity index is 2.06. The van der Waals surface area contributed by atoms with Gasteiger partial charge in [-0.2, -0.15) is 0 Å². The maximum atomic E-state index is 12.7. The number of piperazine rings is 1. The van der Waals surface area contributed by atoms with Crippen LogP contribution in [0, 0.1) is 0 Å². The topological polar surface area (TPSA) is 74.3 Å². The Morgan fingerprint density at radius 3 is 2.95 bits per heavy atom. The van der Waals surface area contributed by atoms with Gasteiger partial charge in [-0.25, -0.2) is 4.98 Å². The minimum absolute atomic E-state index is 0.111. The first-order chi connectivity index (χ1) is 9.58. The molecule has 1 aromatic heterocycles. The van der Waals surface area contributed by atoms with Crippen LogP contribution in [0.2, 0.25) is 0 Å². The molecule has 1 atom stereocenters. The molecule has 106 valence electrons. The molecule has 2 amide bonds. The number of hydrogen-bond donors (Lipinski definition) is 2. The van der Waals surface area contributed by atoms with Crippen molar-refractivity contribution >= 4 is 17.6 Å². The van der Waals surface area contributed by atoms with E-state index in [-0.39, 0.29) is 11.8 Å². The van der Waals surface area contributed by atoms with E-state index in [9.17, 15) is 9.59 Å². The van der Waals surface area contributed by atoms with Crippen LogP contribution in [0.4, 0.5) is 5.82 Å². The van der Waals surface area contributed by atoms with Gasteiger partial charge in [0, 0.05) is 25.8 Å². The molecule has 1 unspecified atom stereocenters. The number of carbonyl (C=O) groups excluding carboxylic acids is 2. The van der Waals surface area contributed by atoms with Crippen molar-refractivity contribution in [2.75, 3.05) is 25.0 Å². The van der Waals surface area contributed by atoms with E-state index < -0.39 is 6.04 Å². The Morgan fingerprint density at radius 2 is 2.20 bits per heavy atom. The van der Waals surface area contributed by atoms with Gasteiger partial charge in [0.2, 0.25) is 5.91 Å². The van der Waals surface area contributed by atoms with Crippen LogP contribution in [0.3, 0.4) is 0 Å². The van der Waals surface area contributed by atoms with Crippen molar-refractivity contribution in [1.29, 1.82) is 0 Å². The second kappa shape index (κ2) is 4.86. The molecular weight excluding hydrogens is 256 g/mol. The Morgan fingerprint density at radius 1 is 1.40 bits per heavy atom. The van der Waals surface area contributed by atoms with Crippen LogP contribution >= 0.6 is 0 Å². The lowest BCUT2D eigenvalue weighted by Gasteiger charge is -2.33. The van der Waals surface area contributed by atoms with Gasteiger partial charge < -0.3 is 15.5 Å².